The standard InChI is InChI=1S/C18H12BrClO/c19-18-16(20)7-4-8-17(18)21-15-11-9-14(10-12-15)13-5-2-1-3-6-13/h1-12H. The Morgan fingerprint density at radius 2 is 1.38 bits per heavy atom. The van der Waals surface area contributed by atoms with Crippen LogP contribution in [0.3, 0.4) is 0 Å². The molecule has 0 bridgehead atoms. The number of rotatable bonds is 3. The minimum Gasteiger partial charge on any atom is -0.456 e. The van der Waals surface area contributed by atoms with Crippen molar-refractivity contribution < 1.29 is 4.74 Å². The lowest BCUT2D eigenvalue weighted by Crippen LogP contribution is -1.86. The summed E-state index contributed by atoms with van der Waals surface area (Å²) in [6, 6.07) is 23.8. The highest BCUT2D eigenvalue weighted by Crippen LogP contribution is 2.35. The summed E-state index contributed by atoms with van der Waals surface area (Å²) in [7, 11) is 0. The van der Waals surface area contributed by atoms with Crippen LogP contribution in [-0.4, -0.2) is 0 Å². The monoisotopic (exact) mass is 358 g/mol. The van der Waals surface area contributed by atoms with E-state index < -0.39 is 0 Å². The maximum Gasteiger partial charge on any atom is 0.143 e. The molecule has 0 heterocycles. The van der Waals surface area contributed by atoms with Crippen LogP contribution in [0.15, 0.2) is 77.3 Å². The van der Waals surface area contributed by atoms with Gasteiger partial charge in [-0.3, -0.25) is 0 Å². The molecule has 21 heavy (non-hydrogen) atoms. The van der Waals surface area contributed by atoms with Gasteiger partial charge >= 0.3 is 0 Å². The first-order valence-electron chi connectivity index (χ1n) is 6.51. The lowest BCUT2D eigenvalue weighted by molar-refractivity contribution is 0.480. The SMILES string of the molecule is Clc1cccc(Oc2ccc(-c3ccccc3)cc2)c1Br. The van der Waals surface area contributed by atoms with Gasteiger partial charge in [-0.1, -0.05) is 60.1 Å². The molecule has 0 unspecified atom stereocenters. The third-order valence-corrected chi connectivity index (χ3v) is 4.47. The van der Waals surface area contributed by atoms with Gasteiger partial charge in [0.15, 0.2) is 0 Å². The van der Waals surface area contributed by atoms with E-state index in [0.29, 0.717) is 10.8 Å². The molecule has 0 N–H and O–H groups in total. The zero-order valence-electron chi connectivity index (χ0n) is 11.1. The zero-order valence-corrected chi connectivity index (χ0v) is 13.4. The summed E-state index contributed by atoms with van der Waals surface area (Å²) in [6.07, 6.45) is 0. The number of halogens is 2. The molecule has 3 heteroatoms. The van der Waals surface area contributed by atoms with Crippen LogP contribution < -0.4 is 4.74 Å². The molecular weight excluding hydrogens is 348 g/mol. The third kappa shape index (κ3) is 3.29. The highest BCUT2D eigenvalue weighted by atomic mass is 79.9. The fourth-order valence-corrected chi connectivity index (χ4v) is 2.55. The Kier molecular flexibility index (Phi) is 4.28. The fraction of sp³-hybridized carbons (Fsp3) is 0. The molecule has 0 atom stereocenters. The Balaban J connectivity index is 1.83. The van der Waals surface area contributed by atoms with Crippen molar-refractivity contribution in [1.29, 1.82) is 0 Å². The first kappa shape index (κ1) is 14.2. The fourth-order valence-electron chi connectivity index (χ4n) is 2.04. The molecule has 0 amide bonds. The van der Waals surface area contributed by atoms with Crippen molar-refractivity contribution in [2.24, 2.45) is 0 Å². The van der Waals surface area contributed by atoms with Gasteiger partial charge in [0.2, 0.25) is 0 Å². The van der Waals surface area contributed by atoms with Gasteiger partial charge < -0.3 is 4.74 Å². The number of ether oxygens (including phenoxy) is 1. The second kappa shape index (κ2) is 6.33. The quantitative estimate of drug-likeness (QED) is 0.514. The Morgan fingerprint density at radius 3 is 2.10 bits per heavy atom. The number of hydrogen-bond donors (Lipinski definition) is 0. The third-order valence-electron chi connectivity index (χ3n) is 3.11. The van der Waals surface area contributed by atoms with Crippen molar-refractivity contribution in [3.05, 3.63) is 82.3 Å². The summed E-state index contributed by atoms with van der Waals surface area (Å²) >= 11 is 9.49. The average molecular weight is 360 g/mol. The molecule has 3 aromatic carbocycles. The van der Waals surface area contributed by atoms with Crippen molar-refractivity contribution in [1.82, 2.24) is 0 Å². The van der Waals surface area contributed by atoms with E-state index in [1.54, 1.807) is 0 Å². The Bertz CT molecular complexity index is 739. The summed E-state index contributed by atoms with van der Waals surface area (Å²) in [5, 5.41) is 0.633. The lowest BCUT2D eigenvalue weighted by atomic mass is 10.1. The van der Waals surface area contributed by atoms with E-state index in [9.17, 15) is 0 Å². The number of benzene rings is 3. The van der Waals surface area contributed by atoms with Crippen LogP contribution in [0.5, 0.6) is 11.5 Å². The smallest absolute Gasteiger partial charge is 0.143 e. The van der Waals surface area contributed by atoms with Crippen LogP contribution in [0, 0.1) is 0 Å². The minimum atomic E-state index is 0.633. The van der Waals surface area contributed by atoms with Crippen molar-refractivity contribution in [3.63, 3.8) is 0 Å². The molecule has 0 aliphatic rings. The van der Waals surface area contributed by atoms with Gasteiger partial charge in [-0.25, -0.2) is 0 Å². The minimum absolute atomic E-state index is 0.633. The van der Waals surface area contributed by atoms with Crippen LogP contribution in [-0.2, 0) is 0 Å². The Hall–Kier alpha value is -1.77. The largest absolute Gasteiger partial charge is 0.456 e. The normalized spacial score (nSPS) is 10.4. The molecular formula is C18H12BrClO. The summed E-state index contributed by atoms with van der Waals surface area (Å²) in [4.78, 5) is 0. The van der Waals surface area contributed by atoms with Crippen LogP contribution in [0.4, 0.5) is 0 Å². The first-order valence-corrected chi connectivity index (χ1v) is 7.68. The van der Waals surface area contributed by atoms with Gasteiger partial charge in [0.05, 0.1) is 9.50 Å². The van der Waals surface area contributed by atoms with E-state index in [-0.39, 0.29) is 0 Å². The second-order valence-electron chi connectivity index (χ2n) is 4.54. The molecule has 0 saturated carbocycles. The van der Waals surface area contributed by atoms with Gasteiger partial charge in [-0.2, -0.15) is 0 Å². The van der Waals surface area contributed by atoms with Gasteiger partial charge in [-0.15, -0.1) is 0 Å². The van der Waals surface area contributed by atoms with E-state index >= 15 is 0 Å². The highest BCUT2D eigenvalue weighted by molar-refractivity contribution is 9.10. The van der Waals surface area contributed by atoms with Crippen molar-refractivity contribution in [2.45, 2.75) is 0 Å². The van der Waals surface area contributed by atoms with Crippen LogP contribution in [0.2, 0.25) is 5.02 Å². The Morgan fingerprint density at radius 1 is 0.714 bits per heavy atom. The van der Waals surface area contributed by atoms with Crippen LogP contribution in [0.1, 0.15) is 0 Å². The molecule has 0 spiro atoms. The maximum absolute atomic E-state index is 6.06. The summed E-state index contributed by atoms with van der Waals surface area (Å²) < 4.78 is 6.61. The van der Waals surface area contributed by atoms with Crippen molar-refractivity contribution >= 4 is 27.5 Å². The van der Waals surface area contributed by atoms with Gasteiger partial charge in [0, 0.05) is 0 Å². The molecule has 3 rings (SSSR count). The van der Waals surface area contributed by atoms with Crippen LogP contribution in [0.25, 0.3) is 11.1 Å². The second-order valence-corrected chi connectivity index (χ2v) is 5.74. The number of hydrogen-bond acceptors (Lipinski definition) is 1. The van der Waals surface area contributed by atoms with E-state index in [0.717, 1.165) is 15.8 Å². The summed E-state index contributed by atoms with van der Waals surface area (Å²) in [6.45, 7) is 0. The zero-order chi connectivity index (χ0) is 14.7. The van der Waals surface area contributed by atoms with Crippen molar-refractivity contribution in [2.75, 3.05) is 0 Å². The molecule has 0 aromatic heterocycles. The van der Waals surface area contributed by atoms with Crippen LogP contribution >= 0.6 is 27.5 Å². The average Bonchev–Trinajstić information content (AvgIpc) is 2.53. The van der Waals surface area contributed by atoms with Gasteiger partial charge in [0.1, 0.15) is 11.5 Å². The predicted molar refractivity (Wildman–Crippen MR) is 91.1 cm³/mol. The molecule has 0 radical (unpaired) electrons. The van der Waals surface area contributed by atoms with Gasteiger partial charge in [-0.05, 0) is 51.3 Å². The highest BCUT2D eigenvalue weighted by Gasteiger charge is 2.06. The van der Waals surface area contributed by atoms with Crippen molar-refractivity contribution in [3.8, 4) is 22.6 Å². The van der Waals surface area contributed by atoms with E-state index in [1.807, 2.05) is 60.7 Å². The van der Waals surface area contributed by atoms with Gasteiger partial charge in [0.25, 0.3) is 0 Å². The topological polar surface area (TPSA) is 9.23 Å². The maximum atomic E-state index is 6.06. The first-order chi connectivity index (χ1) is 10.2. The molecule has 1 nitrogen and oxygen atoms in total. The molecule has 0 aliphatic heterocycles. The van der Waals surface area contributed by atoms with E-state index in [1.165, 1.54) is 5.56 Å². The van der Waals surface area contributed by atoms with E-state index in [4.69, 9.17) is 16.3 Å². The summed E-state index contributed by atoms with van der Waals surface area (Å²) in [5.41, 5.74) is 2.35. The molecule has 0 saturated heterocycles. The van der Waals surface area contributed by atoms with E-state index in [2.05, 4.69) is 28.1 Å². The molecule has 3 aromatic rings. The molecule has 104 valence electrons. The lowest BCUT2D eigenvalue weighted by Gasteiger charge is -2.09. The molecule has 0 aliphatic carbocycles. The predicted octanol–water partition coefficient (Wildman–Crippen LogP) is 6.56. The molecule has 0 fully saturated rings. The Labute approximate surface area is 137 Å². The summed E-state index contributed by atoms with van der Waals surface area (Å²) in [5.74, 6) is 1.48.